The van der Waals surface area contributed by atoms with Gasteiger partial charge >= 0.3 is 0 Å². The minimum atomic E-state index is -0.468. The number of nitrogens with zero attached hydrogens (tertiary/aromatic N) is 3. The number of nitro benzene ring substituents is 1. The zero-order valence-electron chi connectivity index (χ0n) is 12.6. The summed E-state index contributed by atoms with van der Waals surface area (Å²) in [5.74, 6) is 0.463. The molecule has 0 aromatic heterocycles. The first-order valence-electron chi connectivity index (χ1n) is 6.81. The quantitative estimate of drug-likeness (QED) is 0.348. The van der Waals surface area contributed by atoms with Crippen LogP contribution in [-0.2, 0) is 6.61 Å². The molecule has 0 amide bonds. The second-order valence-corrected chi connectivity index (χ2v) is 6.57. The lowest BCUT2D eigenvalue weighted by Crippen LogP contribution is -1.99. The Morgan fingerprint density at radius 3 is 2.40 bits per heavy atom. The predicted molar refractivity (Wildman–Crippen MR) is 98.5 cm³/mol. The first kappa shape index (κ1) is 18.7. The number of hydrogen-bond donors (Lipinski definition) is 0. The molecule has 0 bridgehead atoms. The van der Waals surface area contributed by atoms with Gasteiger partial charge in [0.25, 0.3) is 5.69 Å². The van der Waals surface area contributed by atoms with Crippen LogP contribution < -0.4 is 4.74 Å². The van der Waals surface area contributed by atoms with E-state index in [1.165, 1.54) is 18.2 Å². The minimum Gasteiger partial charge on any atom is -0.487 e. The summed E-state index contributed by atoms with van der Waals surface area (Å²) in [5.41, 5.74) is 1.26. The van der Waals surface area contributed by atoms with Crippen molar-refractivity contribution in [2.75, 3.05) is 0 Å². The normalized spacial score (nSPS) is 9.60. The third-order valence-electron chi connectivity index (χ3n) is 3.11. The molecule has 0 saturated heterocycles. The van der Waals surface area contributed by atoms with Crippen LogP contribution in [-0.4, -0.2) is 4.92 Å². The summed E-state index contributed by atoms with van der Waals surface area (Å²) in [6, 6.07) is 13.1. The topological polar surface area (TPSA) is 100.0 Å². The van der Waals surface area contributed by atoms with Crippen molar-refractivity contribution in [1.82, 2.24) is 0 Å². The van der Waals surface area contributed by atoms with Gasteiger partial charge in [-0.2, -0.15) is 10.5 Å². The Hall–Kier alpha value is -2.68. The highest BCUT2D eigenvalue weighted by molar-refractivity contribution is 9.11. The highest BCUT2D eigenvalue weighted by Gasteiger charge is 2.11. The number of benzene rings is 2. The Kier molecular flexibility index (Phi) is 6.29. The van der Waals surface area contributed by atoms with Crippen LogP contribution in [0.25, 0.3) is 6.08 Å². The summed E-state index contributed by atoms with van der Waals surface area (Å²) < 4.78 is 7.20. The molecule has 0 unspecified atom stereocenters. The van der Waals surface area contributed by atoms with E-state index < -0.39 is 4.92 Å². The van der Waals surface area contributed by atoms with E-state index in [-0.39, 0.29) is 17.9 Å². The van der Waals surface area contributed by atoms with Gasteiger partial charge in [-0.3, -0.25) is 10.1 Å². The van der Waals surface area contributed by atoms with E-state index in [1.807, 2.05) is 0 Å². The van der Waals surface area contributed by atoms with E-state index in [0.29, 0.717) is 15.8 Å². The number of halogens is 2. The molecule has 0 atom stereocenters. The Morgan fingerprint density at radius 1 is 1.20 bits per heavy atom. The van der Waals surface area contributed by atoms with Gasteiger partial charge in [0.1, 0.15) is 30.1 Å². The van der Waals surface area contributed by atoms with Crippen LogP contribution >= 0.6 is 31.9 Å². The van der Waals surface area contributed by atoms with E-state index in [1.54, 1.807) is 36.4 Å². The lowest BCUT2D eigenvalue weighted by molar-refractivity contribution is -0.384. The standard InChI is InChI=1S/C17H9Br2N3O3/c18-14-6-13(5-12(8-20)9-21)17(16(19)7-14)25-10-11-1-3-15(4-2-11)22(23)24/h1-7H,10H2. The molecule has 2 aromatic rings. The average molecular weight is 463 g/mol. The van der Waals surface area contributed by atoms with Gasteiger partial charge in [0.05, 0.1) is 9.40 Å². The van der Waals surface area contributed by atoms with Crippen molar-refractivity contribution in [2.24, 2.45) is 0 Å². The Morgan fingerprint density at radius 2 is 1.84 bits per heavy atom. The molecule has 0 N–H and O–H groups in total. The zero-order valence-corrected chi connectivity index (χ0v) is 15.7. The fraction of sp³-hybridized carbons (Fsp3) is 0.0588. The van der Waals surface area contributed by atoms with Gasteiger partial charge in [0, 0.05) is 22.2 Å². The van der Waals surface area contributed by atoms with E-state index in [9.17, 15) is 10.1 Å². The highest BCUT2D eigenvalue weighted by Crippen LogP contribution is 2.35. The van der Waals surface area contributed by atoms with Crippen molar-refractivity contribution in [3.63, 3.8) is 0 Å². The molecule has 0 spiro atoms. The number of rotatable bonds is 5. The molecule has 0 saturated carbocycles. The maximum atomic E-state index is 10.7. The second kappa shape index (κ2) is 8.43. The summed E-state index contributed by atoms with van der Waals surface area (Å²) in [4.78, 5) is 10.2. The summed E-state index contributed by atoms with van der Waals surface area (Å²) >= 11 is 6.75. The van der Waals surface area contributed by atoms with Crippen LogP contribution in [0.3, 0.4) is 0 Å². The first-order valence-corrected chi connectivity index (χ1v) is 8.40. The molecule has 0 aliphatic carbocycles. The Bertz CT molecular complexity index is 910. The van der Waals surface area contributed by atoms with Crippen molar-refractivity contribution in [3.05, 3.63) is 72.2 Å². The summed E-state index contributed by atoms with van der Waals surface area (Å²) in [6.45, 7) is 0.174. The van der Waals surface area contributed by atoms with Gasteiger partial charge in [-0.25, -0.2) is 0 Å². The maximum absolute atomic E-state index is 10.7. The van der Waals surface area contributed by atoms with Crippen molar-refractivity contribution in [3.8, 4) is 17.9 Å². The van der Waals surface area contributed by atoms with Gasteiger partial charge in [0.15, 0.2) is 0 Å². The predicted octanol–water partition coefficient (Wildman–Crippen LogP) is 5.13. The van der Waals surface area contributed by atoms with E-state index in [4.69, 9.17) is 15.3 Å². The molecule has 0 aliphatic rings. The molecule has 2 rings (SSSR count). The van der Waals surface area contributed by atoms with Crippen molar-refractivity contribution >= 4 is 43.6 Å². The SMILES string of the molecule is N#CC(C#N)=Cc1cc(Br)cc(Br)c1OCc1ccc([N+](=O)[O-])cc1. The summed E-state index contributed by atoms with van der Waals surface area (Å²) in [5, 5.41) is 28.5. The zero-order chi connectivity index (χ0) is 18.4. The van der Waals surface area contributed by atoms with Gasteiger partial charge in [-0.1, -0.05) is 15.9 Å². The lowest BCUT2D eigenvalue weighted by Gasteiger charge is -2.12. The van der Waals surface area contributed by atoms with E-state index in [2.05, 4.69) is 31.9 Å². The van der Waals surface area contributed by atoms with Gasteiger partial charge in [-0.15, -0.1) is 0 Å². The molecule has 124 valence electrons. The molecule has 8 heteroatoms. The Balaban J connectivity index is 2.30. The number of hydrogen-bond acceptors (Lipinski definition) is 5. The molecule has 0 fully saturated rings. The molecule has 6 nitrogen and oxygen atoms in total. The number of non-ortho nitro benzene ring substituents is 1. The monoisotopic (exact) mass is 461 g/mol. The van der Waals surface area contributed by atoms with E-state index in [0.717, 1.165) is 10.0 Å². The van der Waals surface area contributed by atoms with Crippen LogP contribution in [0.2, 0.25) is 0 Å². The fourth-order valence-electron chi connectivity index (χ4n) is 1.95. The average Bonchev–Trinajstić information content (AvgIpc) is 2.59. The maximum Gasteiger partial charge on any atom is 0.269 e. The van der Waals surface area contributed by atoms with Crippen molar-refractivity contribution in [1.29, 1.82) is 10.5 Å². The molecular formula is C17H9Br2N3O3. The van der Waals surface area contributed by atoms with Crippen LogP contribution in [0, 0.1) is 32.8 Å². The number of nitriles is 2. The smallest absolute Gasteiger partial charge is 0.269 e. The van der Waals surface area contributed by atoms with Gasteiger partial charge < -0.3 is 4.74 Å². The molecule has 0 aliphatic heterocycles. The van der Waals surface area contributed by atoms with E-state index >= 15 is 0 Å². The number of allylic oxidation sites excluding steroid dienone is 1. The first-order chi connectivity index (χ1) is 11.9. The van der Waals surface area contributed by atoms with Crippen LogP contribution in [0.4, 0.5) is 5.69 Å². The molecule has 2 aromatic carbocycles. The Labute approximate surface area is 160 Å². The highest BCUT2D eigenvalue weighted by atomic mass is 79.9. The lowest BCUT2D eigenvalue weighted by atomic mass is 10.1. The van der Waals surface area contributed by atoms with Gasteiger partial charge in [0.2, 0.25) is 0 Å². The number of nitro groups is 1. The molecule has 0 radical (unpaired) electrons. The largest absolute Gasteiger partial charge is 0.487 e. The molecule has 25 heavy (non-hydrogen) atoms. The molecular weight excluding hydrogens is 454 g/mol. The molecule has 0 heterocycles. The van der Waals surface area contributed by atoms with Gasteiger partial charge in [-0.05, 0) is 51.8 Å². The fourth-order valence-corrected chi connectivity index (χ4v) is 3.33. The van der Waals surface area contributed by atoms with Crippen LogP contribution in [0.5, 0.6) is 5.75 Å². The van der Waals surface area contributed by atoms with Crippen LogP contribution in [0.15, 0.2) is 50.9 Å². The summed E-state index contributed by atoms with van der Waals surface area (Å²) in [6.07, 6.45) is 1.43. The van der Waals surface area contributed by atoms with Crippen molar-refractivity contribution in [2.45, 2.75) is 6.61 Å². The number of ether oxygens (including phenoxy) is 1. The van der Waals surface area contributed by atoms with Crippen LogP contribution in [0.1, 0.15) is 11.1 Å². The summed E-state index contributed by atoms with van der Waals surface area (Å²) in [7, 11) is 0. The second-order valence-electron chi connectivity index (χ2n) is 4.80. The van der Waals surface area contributed by atoms with Crippen molar-refractivity contribution < 1.29 is 9.66 Å². The third kappa shape index (κ3) is 4.90. The third-order valence-corrected chi connectivity index (χ3v) is 4.16. The minimum absolute atomic E-state index is 0.00452.